The van der Waals surface area contributed by atoms with Crippen LogP contribution in [0.25, 0.3) is 22.4 Å². The van der Waals surface area contributed by atoms with Crippen molar-refractivity contribution in [3.8, 4) is 39.6 Å². The molecule has 0 unspecified atom stereocenters. The SMILES string of the molecule is CCOc1ccccc1OCC1(c2onc(-c3ccc(O[Si](C)(C)C(C)(C)C)cc3)c2-c2ccccc2)CC1. The van der Waals surface area contributed by atoms with Crippen LogP contribution in [0.3, 0.4) is 0 Å². The summed E-state index contributed by atoms with van der Waals surface area (Å²) in [6.07, 6.45) is 1.97. The first kappa shape index (κ1) is 27.1. The summed E-state index contributed by atoms with van der Waals surface area (Å²) in [5, 5.41) is 4.76. The summed E-state index contributed by atoms with van der Waals surface area (Å²) in [5.74, 6) is 3.30. The molecule has 1 heterocycles. The summed E-state index contributed by atoms with van der Waals surface area (Å²) in [6.45, 7) is 14.4. The van der Waals surface area contributed by atoms with Gasteiger partial charge in [0.25, 0.3) is 0 Å². The van der Waals surface area contributed by atoms with Gasteiger partial charge in [0, 0.05) is 5.56 Å². The van der Waals surface area contributed by atoms with Crippen molar-refractivity contribution in [2.75, 3.05) is 13.2 Å². The van der Waals surface area contributed by atoms with E-state index < -0.39 is 8.32 Å². The topological polar surface area (TPSA) is 53.7 Å². The van der Waals surface area contributed by atoms with Crippen LogP contribution in [0.5, 0.6) is 17.2 Å². The first-order chi connectivity index (χ1) is 18.6. The minimum atomic E-state index is -1.92. The van der Waals surface area contributed by atoms with E-state index in [2.05, 4.69) is 87.6 Å². The fraction of sp³-hybridized carbons (Fsp3) is 0.364. The van der Waals surface area contributed by atoms with E-state index in [9.17, 15) is 0 Å². The van der Waals surface area contributed by atoms with Gasteiger partial charge in [-0.2, -0.15) is 0 Å². The zero-order chi connectivity index (χ0) is 27.7. The van der Waals surface area contributed by atoms with E-state index >= 15 is 0 Å². The molecule has 5 nitrogen and oxygen atoms in total. The molecule has 39 heavy (non-hydrogen) atoms. The highest BCUT2D eigenvalue weighted by molar-refractivity contribution is 6.74. The lowest BCUT2D eigenvalue weighted by molar-refractivity contribution is 0.231. The highest BCUT2D eigenvalue weighted by atomic mass is 28.4. The van der Waals surface area contributed by atoms with Crippen LogP contribution in [-0.2, 0) is 5.41 Å². The number of hydrogen-bond donors (Lipinski definition) is 0. The minimum absolute atomic E-state index is 0.136. The van der Waals surface area contributed by atoms with Gasteiger partial charge in [-0.3, -0.25) is 0 Å². The molecule has 0 spiro atoms. The van der Waals surface area contributed by atoms with E-state index in [1.165, 1.54) is 0 Å². The standard InChI is InChI=1S/C33H39NO4Si/c1-7-35-27-15-11-12-16-28(27)36-23-33(21-22-33)31-29(24-13-9-8-10-14-24)30(34-37-31)25-17-19-26(20-18-25)38-39(5,6)32(2,3)4/h8-20H,7,21-23H2,1-6H3. The summed E-state index contributed by atoms with van der Waals surface area (Å²) in [7, 11) is -1.92. The lowest BCUT2D eigenvalue weighted by Crippen LogP contribution is -2.43. The molecule has 3 aromatic carbocycles. The van der Waals surface area contributed by atoms with Gasteiger partial charge in [-0.25, -0.2) is 0 Å². The maximum Gasteiger partial charge on any atom is 0.250 e. The van der Waals surface area contributed by atoms with Gasteiger partial charge in [0.2, 0.25) is 8.32 Å². The Labute approximate surface area is 233 Å². The summed E-state index contributed by atoms with van der Waals surface area (Å²) in [4.78, 5) is 0. The first-order valence-electron chi connectivity index (χ1n) is 13.8. The largest absolute Gasteiger partial charge is 0.544 e. The van der Waals surface area contributed by atoms with E-state index in [1.54, 1.807) is 0 Å². The van der Waals surface area contributed by atoms with Crippen LogP contribution in [0.2, 0.25) is 18.1 Å². The van der Waals surface area contributed by atoms with Gasteiger partial charge in [0.1, 0.15) is 18.1 Å². The molecule has 204 valence electrons. The fourth-order valence-electron chi connectivity index (χ4n) is 4.50. The maximum atomic E-state index is 6.51. The molecular formula is C33H39NO4Si. The predicted octanol–water partition coefficient (Wildman–Crippen LogP) is 8.90. The molecule has 6 heteroatoms. The predicted molar refractivity (Wildman–Crippen MR) is 159 cm³/mol. The van der Waals surface area contributed by atoms with Crippen molar-refractivity contribution < 1.29 is 18.4 Å². The van der Waals surface area contributed by atoms with Crippen LogP contribution in [0.1, 0.15) is 46.3 Å². The lowest BCUT2D eigenvalue weighted by atomic mass is 9.92. The molecule has 0 amide bonds. The summed E-state index contributed by atoms with van der Waals surface area (Å²) < 4.78 is 24.8. The van der Waals surface area contributed by atoms with Crippen molar-refractivity contribution in [1.82, 2.24) is 5.16 Å². The minimum Gasteiger partial charge on any atom is -0.544 e. The summed E-state index contributed by atoms with van der Waals surface area (Å²) in [6, 6.07) is 26.5. The molecule has 0 radical (unpaired) electrons. The zero-order valence-corrected chi connectivity index (χ0v) is 24.9. The number of hydrogen-bond acceptors (Lipinski definition) is 5. The van der Waals surface area contributed by atoms with Crippen LogP contribution >= 0.6 is 0 Å². The van der Waals surface area contributed by atoms with Crippen molar-refractivity contribution in [2.24, 2.45) is 0 Å². The Kier molecular flexibility index (Phi) is 7.34. The van der Waals surface area contributed by atoms with Gasteiger partial charge in [0.15, 0.2) is 17.3 Å². The van der Waals surface area contributed by atoms with Crippen LogP contribution in [-0.4, -0.2) is 26.7 Å². The molecular weight excluding hydrogens is 502 g/mol. The summed E-state index contributed by atoms with van der Waals surface area (Å²) in [5.41, 5.74) is 3.75. The number of nitrogens with zero attached hydrogens (tertiary/aromatic N) is 1. The fourth-order valence-corrected chi connectivity index (χ4v) is 5.53. The number of ether oxygens (including phenoxy) is 2. The van der Waals surface area contributed by atoms with Crippen LogP contribution in [0.15, 0.2) is 83.4 Å². The molecule has 5 rings (SSSR count). The lowest BCUT2D eigenvalue weighted by Gasteiger charge is -2.36. The number of aromatic nitrogens is 1. The third kappa shape index (κ3) is 5.62. The van der Waals surface area contributed by atoms with Crippen LogP contribution in [0, 0.1) is 0 Å². The Morgan fingerprint density at radius 2 is 1.44 bits per heavy atom. The van der Waals surface area contributed by atoms with Gasteiger partial charge in [-0.05, 0) is 79.9 Å². The molecule has 1 aromatic heterocycles. The van der Waals surface area contributed by atoms with Crippen LogP contribution < -0.4 is 13.9 Å². The van der Waals surface area contributed by atoms with E-state index in [0.717, 1.165) is 58.2 Å². The Morgan fingerprint density at radius 3 is 2.03 bits per heavy atom. The van der Waals surface area contributed by atoms with Gasteiger partial charge in [0.05, 0.1) is 17.6 Å². The average Bonchev–Trinajstić information content (AvgIpc) is 3.57. The highest BCUT2D eigenvalue weighted by Gasteiger charge is 2.51. The van der Waals surface area contributed by atoms with Crippen molar-refractivity contribution in [3.63, 3.8) is 0 Å². The smallest absolute Gasteiger partial charge is 0.250 e. The molecule has 1 fully saturated rings. The van der Waals surface area contributed by atoms with E-state index in [0.29, 0.717) is 13.2 Å². The zero-order valence-electron chi connectivity index (χ0n) is 23.9. The molecule has 1 aliphatic carbocycles. The molecule has 1 aliphatic rings. The van der Waals surface area contributed by atoms with Crippen molar-refractivity contribution in [1.29, 1.82) is 0 Å². The molecule has 0 N–H and O–H groups in total. The Morgan fingerprint density at radius 1 is 0.821 bits per heavy atom. The monoisotopic (exact) mass is 541 g/mol. The second-order valence-electron chi connectivity index (χ2n) is 11.9. The summed E-state index contributed by atoms with van der Waals surface area (Å²) >= 11 is 0. The number of benzene rings is 3. The molecule has 0 saturated heterocycles. The normalized spacial score (nSPS) is 14.6. The molecule has 0 atom stereocenters. The highest BCUT2D eigenvalue weighted by Crippen LogP contribution is 2.53. The second-order valence-corrected chi connectivity index (χ2v) is 16.7. The number of rotatable bonds is 10. The van der Waals surface area contributed by atoms with Crippen LogP contribution in [0.4, 0.5) is 0 Å². The van der Waals surface area contributed by atoms with Crippen molar-refractivity contribution >= 4 is 8.32 Å². The first-order valence-corrected chi connectivity index (χ1v) is 16.7. The van der Waals surface area contributed by atoms with Crippen molar-refractivity contribution in [2.45, 2.75) is 64.1 Å². The van der Waals surface area contributed by atoms with Gasteiger partial charge >= 0.3 is 0 Å². The van der Waals surface area contributed by atoms with E-state index in [-0.39, 0.29) is 10.5 Å². The van der Waals surface area contributed by atoms with Gasteiger partial charge in [-0.15, -0.1) is 0 Å². The third-order valence-electron chi connectivity index (χ3n) is 8.05. The molecule has 0 bridgehead atoms. The van der Waals surface area contributed by atoms with E-state index in [1.807, 2.05) is 37.3 Å². The Hall–Kier alpha value is -3.51. The van der Waals surface area contributed by atoms with Gasteiger partial charge < -0.3 is 18.4 Å². The van der Waals surface area contributed by atoms with Gasteiger partial charge in [-0.1, -0.05) is 68.4 Å². The Balaban J connectivity index is 1.46. The average molecular weight is 542 g/mol. The second kappa shape index (κ2) is 10.6. The third-order valence-corrected chi connectivity index (χ3v) is 12.4. The molecule has 1 saturated carbocycles. The Bertz CT molecular complexity index is 1400. The number of para-hydroxylation sites is 2. The van der Waals surface area contributed by atoms with Crippen molar-refractivity contribution in [3.05, 3.63) is 84.6 Å². The molecule has 4 aromatic rings. The quantitative estimate of drug-likeness (QED) is 0.188. The maximum absolute atomic E-state index is 6.51. The van der Waals surface area contributed by atoms with E-state index in [4.69, 9.17) is 18.4 Å². The molecule has 0 aliphatic heterocycles.